The fourth-order valence-corrected chi connectivity index (χ4v) is 4.31. The van der Waals surface area contributed by atoms with E-state index in [0.717, 1.165) is 5.56 Å². The van der Waals surface area contributed by atoms with Gasteiger partial charge in [-0.25, -0.2) is 8.42 Å². The van der Waals surface area contributed by atoms with Crippen molar-refractivity contribution < 1.29 is 13.2 Å². The number of rotatable bonds is 4. The van der Waals surface area contributed by atoms with E-state index in [1.807, 2.05) is 18.2 Å². The highest BCUT2D eigenvalue weighted by Crippen LogP contribution is 2.26. The van der Waals surface area contributed by atoms with E-state index in [1.54, 1.807) is 13.0 Å². The number of hydrogen-bond acceptors (Lipinski definition) is 4. The molecule has 2 rings (SSSR count). The van der Waals surface area contributed by atoms with E-state index in [2.05, 4.69) is 5.32 Å². The second kappa shape index (κ2) is 5.93. The van der Waals surface area contributed by atoms with Crippen molar-refractivity contribution in [1.29, 1.82) is 0 Å². The van der Waals surface area contributed by atoms with Gasteiger partial charge in [0.05, 0.1) is 5.25 Å². The Hall–Kier alpha value is -1.40. The second-order valence-electron chi connectivity index (χ2n) is 5.15. The maximum atomic E-state index is 12.5. The number of para-hydroxylation sites is 1. The van der Waals surface area contributed by atoms with E-state index in [9.17, 15) is 13.2 Å². The molecule has 1 amide bonds. The third kappa shape index (κ3) is 2.86. The minimum absolute atomic E-state index is 0.301. The largest absolute Gasteiger partial charge is 0.330 e. The Morgan fingerprint density at radius 2 is 2.10 bits per heavy atom. The van der Waals surface area contributed by atoms with Crippen LogP contribution in [-0.2, 0) is 21.1 Å². The van der Waals surface area contributed by atoms with Crippen molar-refractivity contribution in [2.45, 2.75) is 36.7 Å². The van der Waals surface area contributed by atoms with E-state index in [-0.39, 0.29) is 0 Å². The van der Waals surface area contributed by atoms with Gasteiger partial charge in [0.1, 0.15) is 5.25 Å². The molecule has 1 heterocycles. The number of hydrogen-bond donors (Lipinski definition) is 2. The Morgan fingerprint density at radius 3 is 2.80 bits per heavy atom. The van der Waals surface area contributed by atoms with Crippen LogP contribution in [0.2, 0.25) is 0 Å². The van der Waals surface area contributed by atoms with E-state index in [4.69, 9.17) is 5.73 Å². The predicted octanol–water partition coefficient (Wildman–Crippen LogP) is 1.09. The molecule has 0 saturated carbocycles. The highest BCUT2D eigenvalue weighted by atomic mass is 32.2. The standard InChI is InChI=1S/C14H20N2O3S/c1-10(8-9-15)20(18,19)13-7-6-11-4-2-3-5-12(11)16-14(13)17/h2-5,10,13H,6-9,15H2,1H3,(H,16,17). The minimum Gasteiger partial charge on any atom is -0.330 e. The molecule has 1 aromatic rings. The summed E-state index contributed by atoms with van der Waals surface area (Å²) in [5, 5.41) is 1.14. The van der Waals surface area contributed by atoms with Crippen molar-refractivity contribution in [2.75, 3.05) is 11.9 Å². The van der Waals surface area contributed by atoms with E-state index in [0.29, 0.717) is 31.5 Å². The molecule has 0 fully saturated rings. The van der Waals surface area contributed by atoms with Crippen LogP contribution in [0.4, 0.5) is 5.69 Å². The number of nitrogens with two attached hydrogens (primary N) is 1. The number of benzene rings is 1. The van der Waals surface area contributed by atoms with Gasteiger partial charge in [0, 0.05) is 5.69 Å². The van der Waals surface area contributed by atoms with Crippen LogP contribution < -0.4 is 11.1 Å². The molecule has 1 aromatic carbocycles. The zero-order valence-corrected chi connectivity index (χ0v) is 12.3. The van der Waals surface area contributed by atoms with Crippen molar-refractivity contribution >= 4 is 21.4 Å². The van der Waals surface area contributed by atoms with Crippen LogP contribution in [0.25, 0.3) is 0 Å². The molecule has 2 atom stereocenters. The van der Waals surface area contributed by atoms with E-state index >= 15 is 0 Å². The number of fused-ring (bicyclic) bond motifs is 1. The average Bonchev–Trinajstić information content (AvgIpc) is 2.57. The molecule has 20 heavy (non-hydrogen) atoms. The van der Waals surface area contributed by atoms with E-state index < -0.39 is 26.2 Å². The number of nitrogens with one attached hydrogen (secondary N) is 1. The Labute approximate surface area is 119 Å². The van der Waals surface area contributed by atoms with Crippen LogP contribution in [0.5, 0.6) is 0 Å². The summed E-state index contributed by atoms with van der Waals surface area (Å²) < 4.78 is 24.9. The molecule has 1 aliphatic rings. The summed E-state index contributed by atoms with van der Waals surface area (Å²) in [6.07, 6.45) is 1.27. The van der Waals surface area contributed by atoms with Gasteiger partial charge in [0.2, 0.25) is 5.91 Å². The SMILES string of the molecule is CC(CCN)S(=O)(=O)C1CCc2ccccc2NC1=O. The monoisotopic (exact) mass is 296 g/mol. The van der Waals surface area contributed by atoms with Crippen LogP contribution in [-0.4, -0.2) is 31.4 Å². The van der Waals surface area contributed by atoms with Crippen LogP contribution in [0.3, 0.4) is 0 Å². The molecule has 0 aromatic heterocycles. The molecule has 5 nitrogen and oxygen atoms in total. The van der Waals surface area contributed by atoms with Gasteiger partial charge in [-0.1, -0.05) is 18.2 Å². The van der Waals surface area contributed by atoms with Crippen LogP contribution in [0.15, 0.2) is 24.3 Å². The normalized spacial score (nSPS) is 20.7. The zero-order chi connectivity index (χ0) is 14.8. The molecule has 0 spiro atoms. The third-order valence-electron chi connectivity index (χ3n) is 3.77. The first-order chi connectivity index (χ1) is 9.46. The van der Waals surface area contributed by atoms with Gasteiger partial charge in [0.15, 0.2) is 9.84 Å². The van der Waals surface area contributed by atoms with Crippen LogP contribution >= 0.6 is 0 Å². The maximum absolute atomic E-state index is 12.5. The summed E-state index contributed by atoms with van der Waals surface area (Å²) >= 11 is 0. The molecule has 2 unspecified atom stereocenters. The average molecular weight is 296 g/mol. The number of aryl methyl sites for hydroxylation is 1. The Morgan fingerprint density at radius 1 is 1.40 bits per heavy atom. The van der Waals surface area contributed by atoms with Crippen molar-refractivity contribution in [3.05, 3.63) is 29.8 Å². The fraction of sp³-hybridized carbons (Fsp3) is 0.500. The predicted molar refractivity (Wildman–Crippen MR) is 79.2 cm³/mol. The van der Waals surface area contributed by atoms with Crippen LogP contribution in [0, 0.1) is 0 Å². The van der Waals surface area contributed by atoms with Gasteiger partial charge in [-0.15, -0.1) is 0 Å². The zero-order valence-electron chi connectivity index (χ0n) is 11.5. The summed E-state index contributed by atoms with van der Waals surface area (Å²) in [5.74, 6) is -0.432. The second-order valence-corrected chi connectivity index (χ2v) is 7.70. The maximum Gasteiger partial charge on any atom is 0.242 e. The van der Waals surface area contributed by atoms with Gasteiger partial charge in [-0.2, -0.15) is 0 Å². The Balaban J connectivity index is 2.26. The lowest BCUT2D eigenvalue weighted by atomic mass is 10.1. The molecule has 0 radical (unpaired) electrons. The molecule has 0 aliphatic carbocycles. The van der Waals surface area contributed by atoms with Gasteiger partial charge < -0.3 is 11.1 Å². The number of sulfone groups is 1. The molecule has 110 valence electrons. The summed E-state index contributed by atoms with van der Waals surface area (Å²) in [6, 6.07) is 7.42. The van der Waals surface area contributed by atoms with Gasteiger partial charge in [-0.05, 0) is 44.4 Å². The highest BCUT2D eigenvalue weighted by molar-refractivity contribution is 7.93. The number of anilines is 1. The van der Waals surface area contributed by atoms with Crippen molar-refractivity contribution in [3.8, 4) is 0 Å². The fourth-order valence-electron chi connectivity index (χ4n) is 2.48. The van der Waals surface area contributed by atoms with Crippen LogP contribution in [0.1, 0.15) is 25.3 Å². The smallest absolute Gasteiger partial charge is 0.242 e. The summed E-state index contributed by atoms with van der Waals surface area (Å²) in [6.45, 7) is 1.92. The molecule has 1 aliphatic heterocycles. The summed E-state index contributed by atoms with van der Waals surface area (Å²) in [7, 11) is -3.51. The van der Waals surface area contributed by atoms with Crippen molar-refractivity contribution in [2.24, 2.45) is 5.73 Å². The quantitative estimate of drug-likeness (QED) is 0.870. The highest BCUT2D eigenvalue weighted by Gasteiger charge is 2.37. The Bertz CT molecular complexity index is 598. The number of amides is 1. The van der Waals surface area contributed by atoms with Crippen molar-refractivity contribution in [3.63, 3.8) is 0 Å². The molecule has 3 N–H and O–H groups in total. The Kier molecular flexibility index (Phi) is 4.45. The lowest BCUT2D eigenvalue weighted by molar-refractivity contribution is -0.115. The first-order valence-corrected chi connectivity index (χ1v) is 8.39. The van der Waals surface area contributed by atoms with Gasteiger partial charge in [-0.3, -0.25) is 4.79 Å². The minimum atomic E-state index is -3.51. The lowest BCUT2D eigenvalue weighted by Crippen LogP contribution is -2.39. The molecular formula is C14H20N2O3S. The lowest BCUT2D eigenvalue weighted by Gasteiger charge is -2.19. The topological polar surface area (TPSA) is 89.3 Å². The number of carbonyl (C=O) groups excluding carboxylic acids is 1. The van der Waals surface area contributed by atoms with E-state index in [1.165, 1.54) is 0 Å². The van der Waals surface area contributed by atoms with Crippen molar-refractivity contribution in [1.82, 2.24) is 0 Å². The summed E-state index contributed by atoms with van der Waals surface area (Å²) in [4.78, 5) is 12.2. The summed E-state index contributed by atoms with van der Waals surface area (Å²) in [5.41, 5.74) is 7.11. The third-order valence-corrected chi connectivity index (χ3v) is 6.37. The molecule has 6 heteroatoms. The number of carbonyl (C=O) groups is 1. The van der Waals surface area contributed by atoms with Gasteiger partial charge in [0.25, 0.3) is 0 Å². The molecular weight excluding hydrogens is 276 g/mol. The molecule has 0 bridgehead atoms. The molecule has 0 saturated heterocycles. The first kappa shape index (κ1) is 15.0. The first-order valence-electron chi connectivity index (χ1n) is 6.78. The van der Waals surface area contributed by atoms with Gasteiger partial charge >= 0.3 is 0 Å².